The fourth-order valence-electron chi connectivity index (χ4n) is 7.60. The van der Waals surface area contributed by atoms with E-state index in [1.807, 2.05) is 24.3 Å². The number of hydrogen-bond donors (Lipinski definition) is 1. The number of carboxylic acids is 1. The molecule has 4 heterocycles. The quantitative estimate of drug-likeness (QED) is 0.362. The van der Waals surface area contributed by atoms with Gasteiger partial charge in [0, 0.05) is 32.3 Å². The fraction of sp³-hybridized carbons (Fsp3) is 0.486. The van der Waals surface area contributed by atoms with Crippen LogP contribution in [0.2, 0.25) is 0 Å². The number of carboxylic acid groups (broad SMARTS) is 1. The maximum atomic E-state index is 12.2. The molecule has 1 N–H and O–H groups in total. The number of aliphatic carboxylic acids is 1. The molecule has 1 saturated carbocycles. The third-order valence-electron chi connectivity index (χ3n) is 10.2. The van der Waals surface area contributed by atoms with Gasteiger partial charge >= 0.3 is 5.97 Å². The van der Waals surface area contributed by atoms with Gasteiger partial charge in [0.2, 0.25) is 0 Å². The number of piperidine rings is 1. The first-order valence-electron chi connectivity index (χ1n) is 15.6. The number of ether oxygens (including phenoxy) is 3. The SMILES string of the molecule is CCc1cc(COc2c(C)cccc2-c2cccc(N3C[C@@H]4C[C@]4(C(=O)O)[C@H]3COC)n2)cc2c1CN(C1COC1)CC2. The second kappa shape index (κ2) is 11.2. The zero-order valence-corrected chi connectivity index (χ0v) is 25.3. The Labute approximate surface area is 253 Å². The minimum Gasteiger partial charge on any atom is -0.488 e. The number of fused-ring (bicyclic) bond motifs is 2. The molecule has 3 atom stereocenters. The van der Waals surface area contributed by atoms with E-state index in [4.69, 9.17) is 19.2 Å². The summed E-state index contributed by atoms with van der Waals surface area (Å²) in [5, 5.41) is 10.0. The van der Waals surface area contributed by atoms with E-state index in [-0.39, 0.29) is 12.0 Å². The van der Waals surface area contributed by atoms with Crippen molar-refractivity contribution in [1.82, 2.24) is 9.88 Å². The fourth-order valence-corrected chi connectivity index (χ4v) is 7.60. The summed E-state index contributed by atoms with van der Waals surface area (Å²) >= 11 is 0. The third kappa shape index (κ3) is 4.89. The van der Waals surface area contributed by atoms with Crippen molar-refractivity contribution in [3.05, 3.63) is 76.3 Å². The van der Waals surface area contributed by atoms with Crippen LogP contribution < -0.4 is 9.64 Å². The Morgan fingerprint density at radius 3 is 2.77 bits per heavy atom. The van der Waals surface area contributed by atoms with Crippen LogP contribution in [-0.2, 0) is 40.3 Å². The molecular formula is C35H41N3O5. The molecule has 3 aliphatic heterocycles. The molecule has 1 aliphatic carbocycles. The number of hydrogen-bond acceptors (Lipinski definition) is 7. The lowest BCUT2D eigenvalue weighted by Gasteiger charge is -2.40. The summed E-state index contributed by atoms with van der Waals surface area (Å²) in [5.41, 5.74) is 7.62. The normalized spacial score (nSPS) is 24.8. The first kappa shape index (κ1) is 28.3. The summed E-state index contributed by atoms with van der Waals surface area (Å²) in [4.78, 5) is 22.0. The first-order chi connectivity index (χ1) is 20.9. The zero-order chi connectivity index (χ0) is 29.7. The second-order valence-corrected chi connectivity index (χ2v) is 12.6. The van der Waals surface area contributed by atoms with Gasteiger partial charge in [-0.2, -0.15) is 0 Å². The number of pyridine rings is 1. The number of rotatable bonds is 10. The minimum atomic E-state index is -0.735. The lowest BCUT2D eigenvalue weighted by molar-refractivity contribution is -0.144. The molecule has 2 saturated heterocycles. The Hall–Kier alpha value is -3.46. The molecule has 43 heavy (non-hydrogen) atoms. The maximum Gasteiger partial charge on any atom is 0.312 e. The number of anilines is 1. The molecule has 0 spiro atoms. The minimum absolute atomic E-state index is 0.133. The third-order valence-corrected chi connectivity index (χ3v) is 10.2. The van der Waals surface area contributed by atoms with Crippen LogP contribution in [0.25, 0.3) is 11.3 Å². The summed E-state index contributed by atoms with van der Waals surface area (Å²) in [6, 6.07) is 17.1. The molecule has 2 aromatic carbocycles. The molecule has 1 aromatic heterocycles. The van der Waals surface area contributed by atoms with Crippen LogP contribution in [0.5, 0.6) is 5.75 Å². The van der Waals surface area contributed by atoms with Crippen LogP contribution in [0.4, 0.5) is 5.82 Å². The molecule has 8 heteroatoms. The number of nitrogens with zero attached hydrogens (tertiary/aromatic N) is 3. The Morgan fingerprint density at radius 1 is 1.19 bits per heavy atom. The van der Waals surface area contributed by atoms with Gasteiger partial charge in [-0.15, -0.1) is 0 Å². The molecule has 226 valence electrons. The molecule has 0 radical (unpaired) electrons. The van der Waals surface area contributed by atoms with E-state index in [9.17, 15) is 9.90 Å². The molecule has 3 fully saturated rings. The van der Waals surface area contributed by atoms with Gasteiger partial charge in [0.15, 0.2) is 0 Å². The van der Waals surface area contributed by atoms with E-state index in [0.29, 0.717) is 32.2 Å². The molecule has 7 rings (SSSR count). The van der Waals surface area contributed by atoms with Gasteiger partial charge in [0.25, 0.3) is 0 Å². The van der Waals surface area contributed by atoms with Crippen LogP contribution in [0.1, 0.15) is 41.2 Å². The number of aryl methyl sites for hydroxylation is 2. The lowest BCUT2D eigenvalue weighted by Crippen LogP contribution is -2.50. The maximum absolute atomic E-state index is 12.2. The summed E-state index contributed by atoms with van der Waals surface area (Å²) in [6.07, 6.45) is 2.77. The van der Waals surface area contributed by atoms with Crippen molar-refractivity contribution in [3.8, 4) is 17.0 Å². The van der Waals surface area contributed by atoms with E-state index >= 15 is 0 Å². The number of benzene rings is 2. The standard InChI is InChI=1S/C35H41N3O5/c1-4-24-13-23(14-25-11-12-37(17-29(24)25)27-19-42-20-27)18-43-33-22(2)7-5-8-28(33)30-9-6-10-32(36-30)38-16-26-15-35(26,34(39)40)31(38)21-41-3/h5-10,13-14,26-27,31H,4,11-12,15-21H2,1-3H3,(H,39,40)/t26-,31+,35+/m0/s1. The summed E-state index contributed by atoms with van der Waals surface area (Å²) in [5.74, 6) is 1.02. The van der Waals surface area contributed by atoms with Crippen LogP contribution in [0, 0.1) is 18.3 Å². The number of aromatic nitrogens is 1. The van der Waals surface area contributed by atoms with Crippen molar-refractivity contribution in [3.63, 3.8) is 0 Å². The molecule has 3 aromatic rings. The summed E-state index contributed by atoms with van der Waals surface area (Å²) < 4.78 is 17.5. The number of para-hydroxylation sites is 1. The highest BCUT2D eigenvalue weighted by molar-refractivity contribution is 5.82. The highest BCUT2D eigenvalue weighted by Crippen LogP contribution is 2.62. The van der Waals surface area contributed by atoms with Gasteiger partial charge in [0.05, 0.1) is 43.0 Å². The van der Waals surface area contributed by atoms with Gasteiger partial charge in [0.1, 0.15) is 18.2 Å². The predicted octanol–water partition coefficient (Wildman–Crippen LogP) is 4.88. The monoisotopic (exact) mass is 583 g/mol. The molecule has 4 aliphatic rings. The van der Waals surface area contributed by atoms with Gasteiger partial charge in [-0.3, -0.25) is 9.69 Å². The molecule has 0 amide bonds. The number of carbonyl (C=O) groups is 1. The van der Waals surface area contributed by atoms with E-state index < -0.39 is 11.4 Å². The zero-order valence-electron chi connectivity index (χ0n) is 25.3. The van der Waals surface area contributed by atoms with Crippen LogP contribution in [-0.4, -0.2) is 73.1 Å². The van der Waals surface area contributed by atoms with Crippen LogP contribution >= 0.6 is 0 Å². The van der Waals surface area contributed by atoms with Crippen molar-refractivity contribution < 1.29 is 24.1 Å². The summed E-state index contributed by atoms with van der Waals surface area (Å²) in [6.45, 7) is 9.64. The molecule has 0 bridgehead atoms. The lowest BCUT2D eigenvalue weighted by atomic mass is 9.90. The number of methoxy groups -OCH3 is 1. The van der Waals surface area contributed by atoms with E-state index in [1.165, 1.54) is 22.3 Å². The smallest absolute Gasteiger partial charge is 0.312 e. The van der Waals surface area contributed by atoms with Gasteiger partial charge in [-0.05, 0) is 78.1 Å². The first-order valence-corrected chi connectivity index (χ1v) is 15.6. The average molecular weight is 584 g/mol. The van der Waals surface area contributed by atoms with Crippen molar-refractivity contribution in [2.45, 2.75) is 58.3 Å². The topological polar surface area (TPSA) is 84.4 Å². The molecular weight excluding hydrogens is 542 g/mol. The second-order valence-electron chi connectivity index (χ2n) is 12.6. The summed E-state index contributed by atoms with van der Waals surface area (Å²) in [7, 11) is 1.63. The Kier molecular flexibility index (Phi) is 7.40. The average Bonchev–Trinajstić information content (AvgIpc) is 3.63. The molecule has 0 unspecified atom stereocenters. The van der Waals surface area contributed by atoms with Crippen molar-refractivity contribution in [2.75, 3.05) is 44.9 Å². The van der Waals surface area contributed by atoms with Crippen molar-refractivity contribution >= 4 is 11.8 Å². The largest absolute Gasteiger partial charge is 0.488 e. The van der Waals surface area contributed by atoms with Crippen molar-refractivity contribution in [1.29, 1.82) is 0 Å². The molecule has 8 nitrogen and oxygen atoms in total. The van der Waals surface area contributed by atoms with Gasteiger partial charge in [-0.1, -0.05) is 37.3 Å². The highest BCUT2D eigenvalue weighted by Gasteiger charge is 2.71. The van der Waals surface area contributed by atoms with Gasteiger partial charge < -0.3 is 24.2 Å². The van der Waals surface area contributed by atoms with Crippen LogP contribution in [0.3, 0.4) is 0 Å². The van der Waals surface area contributed by atoms with E-state index in [1.54, 1.807) is 7.11 Å². The van der Waals surface area contributed by atoms with Crippen molar-refractivity contribution in [2.24, 2.45) is 11.3 Å². The van der Waals surface area contributed by atoms with E-state index in [0.717, 1.165) is 67.5 Å². The van der Waals surface area contributed by atoms with Crippen LogP contribution in [0.15, 0.2) is 48.5 Å². The Morgan fingerprint density at radius 2 is 2.02 bits per heavy atom. The Balaban J connectivity index is 1.13. The highest BCUT2D eigenvalue weighted by atomic mass is 16.5. The van der Waals surface area contributed by atoms with E-state index in [2.05, 4.69) is 47.9 Å². The van der Waals surface area contributed by atoms with Gasteiger partial charge in [-0.25, -0.2) is 4.98 Å². The predicted molar refractivity (Wildman–Crippen MR) is 164 cm³/mol. The Bertz CT molecular complexity index is 1520.